The molecule has 1 aliphatic rings. The number of nitrogens with zero attached hydrogens (tertiary/aromatic N) is 1. The summed E-state index contributed by atoms with van der Waals surface area (Å²) in [5.41, 5.74) is 3.18. The molecule has 1 heterocycles. The Hall–Kier alpha value is -4.43. The van der Waals surface area contributed by atoms with Crippen molar-refractivity contribution in [1.82, 2.24) is 5.32 Å². The summed E-state index contributed by atoms with van der Waals surface area (Å²) in [6.07, 6.45) is 0.598. The molecule has 0 bridgehead atoms. The Morgan fingerprint density at radius 1 is 0.805 bits per heavy atom. The quantitative estimate of drug-likeness (QED) is 0.262. The Kier molecular flexibility index (Phi) is 8.79. The minimum Gasteiger partial charge on any atom is -0.490 e. The predicted octanol–water partition coefficient (Wildman–Crippen LogP) is 5.78. The Bertz CT molecular complexity index is 1590. The smallest absolute Gasteiger partial charge is 0.259 e. The van der Waals surface area contributed by atoms with Crippen molar-refractivity contribution in [2.24, 2.45) is 0 Å². The van der Waals surface area contributed by atoms with E-state index in [1.54, 1.807) is 47.4 Å². The average Bonchev–Trinajstić information content (AvgIpc) is 3.08. The Balaban J connectivity index is 1.39. The topological polar surface area (TPSA) is 84.9 Å². The molecule has 0 fully saturated rings. The summed E-state index contributed by atoms with van der Waals surface area (Å²) in [7, 11) is -1.58. The molecule has 41 heavy (non-hydrogen) atoms. The highest BCUT2D eigenvalue weighted by molar-refractivity contribution is 7.85. The zero-order valence-corrected chi connectivity index (χ0v) is 23.9. The Morgan fingerprint density at radius 2 is 1.54 bits per heavy atom. The van der Waals surface area contributed by atoms with Crippen LogP contribution >= 0.6 is 0 Å². The molecule has 1 aliphatic heterocycles. The first kappa shape index (κ1) is 28.1. The van der Waals surface area contributed by atoms with Crippen LogP contribution in [0.15, 0.2) is 101 Å². The highest BCUT2D eigenvalue weighted by Gasteiger charge is 2.31. The number of amides is 2. The highest BCUT2D eigenvalue weighted by Crippen LogP contribution is 2.36. The molecule has 4 aromatic rings. The monoisotopic (exact) mass is 568 g/mol. The largest absolute Gasteiger partial charge is 0.490 e. The van der Waals surface area contributed by atoms with Crippen LogP contribution in [0, 0.1) is 0 Å². The average molecular weight is 569 g/mol. The minimum absolute atomic E-state index is 0.255. The molecule has 210 valence electrons. The standard InChI is InChI=1S/C33H32N2O5S/c1-3-39-28-16-14-23(20-29(28)40-4-2)18-19-34-32(36)25-15-17-31-27(21-25)35(22-24-10-6-5-7-11-24)33(37)26-12-8-9-13-30(26)41(31)38/h5-17,20-21H,3-4,18-19,22H2,1-2H3,(H,34,36)/t41-/m0/s1. The number of fused-ring (bicyclic) bond motifs is 2. The number of carbonyl (C=O) groups excluding carboxylic acids is 2. The number of anilines is 1. The second kappa shape index (κ2) is 12.8. The molecule has 0 unspecified atom stereocenters. The third kappa shape index (κ3) is 6.18. The number of hydrogen-bond acceptors (Lipinski definition) is 5. The summed E-state index contributed by atoms with van der Waals surface area (Å²) >= 11 is 0. The summed E-state index contributed by atoms with van der Waals surface area (Å²) in [4.78, 5) is 29.6. The molecule has 0 saturated heterocycles. The SMILES string of the molecule is CCOc1ccc(CCNC(=O)c2ccc3c(c2)N(Cc2ccccc2)C(=O)c2ccccc2[S@@]3=O)cc1OCC. The summed E-state index contributed by atoms with van der Waals surface area (Å²) in [6.45, 7) is 5.60. The lowest BCUT2D eigenvalue weighted by atomic mass is 10.1. The maximum absolute atomic E-state index is 13.8. The van der Waals surface area contributed by atoms with Crippen molar-refractivity contribution in [2.75, 3.05) is 24.7 Å². The predicted molar refractivity (Wildman–Crippen MR) is 159 cm³/mol. The van der Waals surface area contributed by atoms with Gasteiger partial charge in [0, 0.05) is 12.1 Å². The molecule has 0 spiro atoms. The van der Waals surface area contributed by atoms with Gasteiger partial charge in [-0.05, 0) is 73.9 Å². The van der Waals surface area contributed by atoms with E-state index in [0.717, 1.165) is 11.1 Å². The fraction of sp³-hybridized carbons (Fsp3) is 0.212. The van der Waals surface area contributed by atoms with E-state index in [0.29, 0.717) is 64.3 Å². The van der Waals surface area contributed by atoms with Crippen molar-refractivity contribution >= 4 is 28.3 Å². The number of rotatable bonds is 10. The van der Waals surface area contributed by atoms with Gasteiger partial charge in [0.15, 0.2) is 11.5 Å². The van der Waals surface area contributed by atoms with Crippen LogP contribution in [0.4, 0.5) is 5.69 Å². The molecular formula is C33H32N2O5S. The molecule has 1 atom stereocenters. The second-order valence-corrected chi connectivity index (χ2v) is 10.9. The van der Waals surface area contributed by atoms with E-state index in [4.69, 9.17) is 9.47 Å². The van der Waals surface area contributed by atoms with Crippen LogP contribution in [0.2, 0.25) is 0 Å². The van der Waals surface area contributed by atoms with E-state index >= 15 is 0 Å². The van der Waals surface area contributed by atoms with Crippen LogP contribution in [0.1, 0.15) is 45.7 Å². The van der Waals surface area contributed by atoms with Gasteiger partial charge in [-0.1, -0.05) is 48.5 Å². The maximum Gasteiger partial charge on any atom is 0.259 e. The molecule has 1 N–H and O–H groups in total. The molecule has 0 aromatic heterocycles. The van der Waals surface area contributed by atoms with Crippen molar-refractivity contribution < 1.29 is 23.3 Å². The second-order valence-electron chi connectivity index (χ2n) is 9.48. The summed E-state index contributed by atoms with van der Waals surface area (Å²) < 4.78 is 25.0. The van der Waals surface area contributed by atoms with Crippen molar-refractivity contribution in [3.05, 3.63) is 113 Å². The van der Waals surface area contributed by atoms with E-state index in [1.807, 2.05) is 62.4 Å². The van der Waals surface area contributed by atoms with E-state index in [9.17, 15) is 13.8 Å². The van der Waals surface area contributed by atoms with Crippen molar-refractivity contribution in [1.29, 1.82) is 0 Å². The first-order valence-corrected chi connectivity index (χ1v) is 14.8. The number of hydrogen-bond donors (Lipinski definition) is 1. The van der Waals surface area contributed by atoms with Crippen LogP contribution in [-0.4, -0.2) is 35.8 Å². The van der Waals surface area contributed by atoms with Gasteiger partial charge in [0.25, 0.3) is 11.8 Å². The lowest BCUT2D eigenvalue weighted by molar-refractivity contribution is 0.0950. The molecule has 5 rings (SSSR count). The van der Waals surface area contributed by atoms with Crippen LogP contribution < -0.4 is 19.7 Å². The van der Waals surface area contributed by atoms with Gasteiger partial charge in [-0.15, -0.1) is 0 Å². The van der Waals surface area contributed by atoms with Gasteiger partial charge in [-0.25, -0.2) is 4.21 Å². The number of ether oxygens (including phenoxy) is 2. The van der Waals surface area contributed by atoms with Crippen LogP contribution in [0.5, 0.6) is 11.5 Å². The van der Waals surface area contributed by atoms with Gasteiger partial charge in [-0.2, -0.15) is 0 Å². The summed E-state index contributed by atoms with van der Waals surface area (Å²) in [5.74, 6) is 0.848. The van der Waals surface area contributed by atoms with Crippen molar-refractivity contribution in [3.8, 4) is 11.5 Å². The van der Waals surface area contributed by atoms with Crippen molar-refractivity contribution in [2.45, 2.75) is 36.6 Å². The minimum atomic E-state index is -1.58. The Morgan fingerprint density at radius 3 is 2.32 bits per heavy atom. The maximum atomic E-state index is 13.8. The first-order valence-electron chi connectivity index (χ1n) is 13.7. The normalized spacial score (nSPS) is 14.0. The van der Waals surface area contributed by atoms with E-state index in [-0.39, 0.29) is 18.4 Å². The molecule has 7 nitrogen and oxygen atoms in total. The fourth-order valence-corrected chi connectivity index (χ4v) is 6.15. The lowest BCUT2D eigenvalue weighted by Gasteiger charge is -2.23. The van der Waals surface area contributed by atoms with Gasteiger partial charge < -0.3 is 19.7 Å². The zero-order chi connectivity index (χ0) is 28.8. The van der Waals surface area contributed by atoms with Crippen LogP contribution in [0.25, 0.3) is 0 Å². The van der Waals surface area contributed by atoms with E-state index < -0.39 is 10.8 Å². The van der Waals surface area contributed by atoms with Gasteiger partial charge in [0.05, 0.1) is 51.6 Å². The molecule has 8 heteroatoms. The number of benzene rings is 4. The Labute approximate surface area is 242 Å². The van der Waals surface area contributed by atoms with E-state index in [1.165, 1.54) is 0 Å². The summed E-state index contributed by atoms with van der Waals surface area (Å²) in [6, 6.07) is 27.4. The highest BCUT2D eigenvalue weighted by atomic mass is 32.2. The summed E-state index contributed by atoms with van der Waals surface area (Å²) in [5, 5.41) is 2.97. The molecule has 4 aromatic carbocycles. The first-order chi connectivity index (χ1) is 20.0. The number of nitrogens with one attached hydrogen (secondary N) is 1. The molecule has 0 aliphatic carbocycles. The van der Waals surface area contributed by atoms with Crippen LogP contribution in [-0.2, 0) is 23.8 Å². The van der Waals surface area contributed by atoms with Gasteiger partial charge in [0.1, 0.15) is 0 Å². The molecular weight excluding hydrogens is 536 g/mol. The third-order valence-electron chi connectivity index (χ3n) is 6.76. The molecule has 0 radical (unpaired) electrons. The van der Waals surface area contributed by atoms with Crippen molar-refractivity contribution in [3.63, 3.8) is 0 Å². The lowest BCUT2D eigenvalue weighted by Crippen LogP contribution is -2.31. The third-order valence-corrected chi connectivity index (χ3v) is 8.26. The zero-order valence-electron chi connectivity index (χ0n) is 23.1. The van der Waals surface area contributed by atoms with Gasteiger partial charge >= 0.3 is 0 Å². The fourth-order valence-electron chi connectivity index (χ4n) is 4.80. The molecule has 2 amide bonds. The van der Waals surface area contributed by atoms with Crippen LogP contribution in [0.3, 0.4) is 0 Å². The van der Waals surface area contributed by atoms with E-state index in [2.05, 4.69) is 5.32 Å². The van der Waals surface area contributed by atoms with Gasteiger partial charge in [-0.3, -0.25) is 9.59 Å². The van der Waals surface area contributed by atoms with Gasteiger partial charge in [0.2, 0.25) is 0 Å². The molecule has 0 saturated carbocycles. The number of carbonyl (C=O) groups is 2.